The van der Waals surface area contributed by atoms with Gasteiger partial charge in [0.25, 0.3) is 5.91 Å². The molecule has 138 valence electrons. The standard InChI is InChI=1S/C15H17F3N2O5/c16-15(17,18)25-10-3-1-2-9(6-10)14(22)20-11-4-5-23-7-12(11)24-8-13(19)21/h1-3,6,11-12H,4-5,7-8H2,(H2,19,21)(H,20,22)/t11-,12-/m1/s1. The van der Waals surface area contributed by atoms with Gasteiger partial charge in [-0.3, -0.25) is 9.59 Å². The van der Waals surface area contributed by atoms with Gasteiger partial charge in [-0.1, -0.05) is 6.07 Å². The maximum Gasteiger partial charge on any atom is 0.573 e. The molecule has 1 fully saturated rings. The Balaban J connectivity index is 2.02. The quantitative estimate of drug-likeness (QED) is 0.786. The van der Waals surface area contributed by atoms with Crippen LogP contribution in [0.4, 0.5) is 13.2 Å². The molecule has 2 rings (SSSR count). The van der Waals surface area contributed by atoms with Gasteiger partial charge in [0, 0.05) is 12.2 Å². The van der Waals surface area contributed by atoms with Gasteiger partial charge in [-0.2, -0.15) is 0 Å². The molecule has 0 spiro atoms. The van der Waals surface area contributed by atoms with Crippen LogP contribution >= 0.6 is 0 Å². The number of alkyl halides is 3. The van der Waals surface area contributed by atoms with E-state index in [-0.39, 0.29) is 18.8 Å². The third-order valence-electron chi connectivity index (χ3n) is 3.39. The lowest BCUT2D eigenvalue weighted by molar-refractivity contribution is -0.274. The molecular formula is C15H17F3N2O5. The summed E-state index contributed by atoms with van der Waals surface area (Å²) in [4.78, 5) is 23.1. The SMILES string of the molecule is NC(=O)CO[C@@H]1COCC[C@H]1NC(=O)c1cccc(OC(F)(F)F)c1. The van der Waals surface area contributed by atoms with Crippen LogP contribution in [0, 0.1) is 0 Å². The van der Waals surface area contributed by atoms with E-state index in [9.17, 15) is 22.8 Å². The summed E-state index contributed by atoms with van der Waals surface area (Å²) in [5.41, 5.74) is 5.02. The Bertz CT molecular complexity index is 623. The highest BCUT2D eigenvalue weighted by atomic mass is 19.4. The fourth-order valence-corrected chi connectivity index (χ4v) is 2.32. The predicted molar refractivity (Wildman–Crippen MR) is 78.7 cm³/mol. The smallest absolute Gasteiger partial charge is 0.406 e. The lowest BCUT2D eigenvalue weighted by Crippen LogP contribution is -2.50. The largest absolute Gasteiger partial charge is 0.573 e. The molecule has 1 aromatic rings. The lowest BCUT2D eigenvalue weighted by atomic mass is 10.1. The van der Waals surface area contributed by atoms with Gasteiger partial charge in [0.15, 0.2) is 0 Å². The molecule has 10 heteroatoms. The van der Waals surface area contributed by atoms with Gasteiger partial charge in [-0.05, 0) is 24.6 Å². The van der Waals surface area contributed by atoms with Crippen LogP contribution in [0.25, 0.3) is 0 Å². The first-order valence-corrected chi connectivity index (χ1v) is 7.39. The molecule has 0 bridgehead atoms. The highest BCUT2D eigenvalue weighted by Gasteiger charge is 2.32. The summed E-state index contributed by atoms with van der Waals surface area (Å²) in [5.74, 6) is -1.74. The molecule has 1 saturated heterocycles. The van der Waals surface area contributed by atoms with Gasteiger partial charge in [0.1, 0.15) is 18.5 Å². The van der Waals surface area contributed by atoms with Crippen molar-refractivity contribution in [2.75, 3.05) is 19.8 Å². The third kappa shape index (κ3) is 6.24. The number of rotatable bonds is 6. The number of carbonyl (C=O) groups excluding carboxylic acids is 2. The van der Waals surface area contributed by atoms with Crippen molar-refractivity contribution >= 4 is 11.8 Å². The molecule has 2 atom stereocenters. The molecule has 25 heavy (non-hydrogen) atoms. The van der Waals surface area contributed by atoms with Gasteiger partial charge in [0.05, 0.1) is 12.6 Å². The van der Waals surface area contributed by atoms with Crippen LogP contribution in [-0.4, -0.2) is 50.1 Å². The topological polar surface area (TPSA) is 99.9 Å². The van der Waals surface area contributed by atoms with Crippen molar-refractivity contribution in [1.82, 2.24) is 5.32 Å². The van der Waals surface area contributed by atoms with E-state index >= 15 is 0 Å². The molecule has 1 aromatic carbocycles. The molecule has 0 aromatic heterocycles. The second-order valence-electron chi connectivity index (χ2n) is 5.33. The van der Waals surface area contributed by atoms with Crippen LogP contribution in [0.5, 0.6) is 5.75 Å². The number of ether oxygens (including phenoxy) is 3. The number of nitrogens with one attached hydrogen (secondary N) is 1. The summed E-state index contributed by atoms with van der Waals surface area (Å²) >= 11 is 0. The summed E-state index contributed by atoms with van der Waals surface area (Å²) in [7, 11) is 0. The monoisotopic (exact) mass is 362 g/mol. The molecule has 0 aliphatic carbocycles. The minimum absolute atomic E-state index is 0.00175. The van der Waals surface area contributed by atoms with Crippen LogP contribution in [0.1, 0.15) is 16.8 Å². The summed E-state index contributed by atoms with van der Waals surface area (Å²) in [6.07, 6.45) is -5.00. The minimum atomic E-state index is -4.84. The normalized spacial score (nSPS) is 20.8. The summed E-state index contributed by atoms with van der Waals surface area (Å²) in [6.45, 7) is 0.212. The Hall–Kier alpha value is -2.33. The molecule has 0 saturated carbocycles. The van der Waals surface area contributed by atoms with E-state index in [0.29, 0.717) is 13.0 Å². The van der Waals surface area contributed by atoms with Crippen molar-refractivity contribution in [3.05, 3.63) is 29.8 Å². The van der Waals surface area contributed by atoms with Gasteiger partial charge >= 0.3 is 6.36 Å². The van der Waals surface area contributed by atoms with Crippen LogP contribution < -0.4 is 15.8 Å². The fourth-order valence-electron chi connectivity index (χ4n) is 2.32. The third-order valence-corrected chi connectivity index (χ3v) is 3.39. The molecular weight excluding hydrogens is 345 g/mol. The zero-order valence-electron chi connectivity index (χ0n) is 13.0. The number of benzene rings is 1. The number of halogens is 3. The molecule has 1 aliphatic rings. The zero-order chi connectivity index (χ0) is 18.4. The first-order valence-electron chi connectivity index (χ1n) is 7.39. The fraction of sp³-hybridized carbons (Fsp3) is 0.467. The highest BCUT2D eigenvalue weighted by molar-refractivity contribution is 5.94. The van der Waals surface area contributed by atoms with E-state index in [0.717, 1.165) is 12.1 Å². The Labute approximate surface area is 141 Å². The Morgan fingerprint density at radius 1 is 1.36 bits per heavy atom. The van der Waals surface area contributed by atoms with E-state index in [1.165, 1.54) is 12.1 Å². The van der Waals surface area contributed by atoms with E-state index < -0.39 is 36.1 Å². The number of nitrogens with two attached hydrogens (primary N) is 1. The van der Waals surface area contributed by atoms with Crippen molar-refractivity contribution in [3.8, 4) is 5.75 Å². The van der Waals surface area contributed by atoms with Crippen LogP contribution in [0.2, 0.25) is 0 Å². The average molecular weight is 362 g/mol. The first kappa shape index (κ1) is 19.0. The second-order valence-corrected chi connectivity index (χ2v) is 5.33. The van der Waals surface area contributed by atoms with Crippen LogP contribution in [0.3, 0.4) is 0 Å². The van der Waals surface area contributed by atoms with Gasteiger partial charge in [0.2, 0.25) is 5.91 Å². The molecule has 7 nitrogen and oxygen atoms in total. The van der Waals surface area contributed by atoms with Crippen LogP contribution in [0.15, 0.2) is 24.3 Å². The average Bonchev–Trinajstić information content (AvgIpc) is 2.52. The van der Waals surface area contributed by atoms with E-state index in [1.807, 2.05) is 0 Å². The van der Waals surface area contributed by atoms with E-state index in [2.05, 4.69) is 10.1 Å². The second kappa shape index (κ2) is 8.17. The molecule has 3 N–H and O–H groups in total. The summed E-state index contributed by atoms with van der Waals surface area (Å²) < 4.78 is 51.1. The van der Waals surface area contributed by atoms with E-state index in [1.54, 1.807) is 0 Å². The lowest BCUT2D eigenvalue weighted by Gasteiger charge is -2.31. The molecule has 1 aliphatic heterocycles. The number of carbonyl (C=O) groups is 2. The van der Waals surface area contributed by atoms with E-state index in [4.69, 9.17) is 15.2 Å². The summed E-state index contributed by atoms with van der Waals surface area (Å²) in [6, 6.07) is 4.25. The zero-order valence-corrected chi connectivity index (χ0v) is 13.0. The summed E-state index contributed by atoms with van der Waals surface area (Å²) in [5, 5.41) is 2.67. The number of hydrogen-bond donors (Lipinski definition) is 2. The number of primary amides is 1. The first-order chi connectivity index (χ1) is 11.7. The molecule has 0 radical (unpaired) electrons. The Kier molecular flexibility index (Phi) is 6.21. The minimum Gasteiger partial charge on any atom is -0.406 e. The molecule has 1 heterocycles. The van der Waals surface area contributed by atoms with Gasteiger partial charge < -0.3 is 25.3 Å². The number of amides is 2. The molecule has 0 unspecified atom stereocenters. The Morgan fingerprint density at radius 2 is 2.12 bits per heavy atom. The van der Waals surface area contributed by atoms with Crippen molar-refractivity contribution in [2.45, 2.75) is 24.9 Å². The Morgan fingerprint density at radius 3 is 2.80 bits per heavy atom. The highest BCUT2D eigenvalue weighted by Crippen LogP contribution is 2.23. The maximum atomic E-state index is 12.3. The van der Waals surface area contributed by atoms with Crippen LogP contribution in [-0.2, 0) is 14.3 Å². The van der Waals surface area contributed by atoms with Crippen molar-refractivity contribution in [1.29, 1.82) is 0 Å². The maximum absolute atomic E-state index is 12.3. The van der Waals surface area contributed by atoms with Crippen molar-refractivity contribution < 1.29 is 37.0 Å². The van der Waals surface area contributed by atoms with Gasteiger partial charge in [-0.25, -0.2) is 0 Å². The predicted octanol–water partition coefficient (Wildman–Crippen LogP) is 0.974. The van der Waals surface area contributed by atoms with Crippen molar-refractivity contribution in [2.24, 2.45) is 5.73 Å². The molecule has 2 amide bonds. The van der Waals surface area contributed by atoms with Crippen molar-refractivity contribution in [3.63, 3.8) is 0 Å². The van der Waals surface area contributed by atoms with Gasteiger partial charge in [-0.15, -0.1) is 13.2 Å². The number of hydrogen-bond acceptors (Lipinski definition) is 5.